The molecule has 5 nitrogen and oxygen atoms in total. The van der Waals surface area contributed by atoms with Crippen molar-refractivity contribution in [2.24, 2.45) is 0 Å². The first-order chi connectivity index (χ1) is 7.78. The lowest BCUT2D eigenvalue weighted by Gasteiger charge is -2.30. The SMILES string of the molecule is CC1(c2noc(C3CNC3)n2)CCCCO1. The van der Waals surface area contributed by atoms with Crippen molar-refractivity contribution in [1.29, 1.82) is 0 Å². The molecule has 2 aliphatic rings. The van der Waals surface area contributed by atoms with Gasteiger partial charge in [0.15, 0.2) is 0 Å². The van der Waals surface area contributed by atoms with Crippen LogP contribution < -0.4 is 5.32 Å². The van der Waals surface area contributed by atoms with E-state index in [9.17, 15) is 0 Å². The van der Waals surface area contributed by atoms with Crippen LogP contribution in [0, 0.1) is 0 Å². The number of hydrogen-bond acceptors (Lipinski definition) is 5. The molecule has 0 aromatic carbocycles. The van der Waals surface area contributed by atoms with Crippen LogP contribution in [0.15, 0.2) is 4.52 Å². The quantitative estimate of drug-likeness (QED) is 0.815. The van der Waals surface area contributed by atoms with Crippen molar-refractivity contribution in [3.63, 3.8) is 0 Å². The maximum absolute atomic E-state index is 5.80. The summed E-state index contributed by atoms with van der Waals surface area (Å²) in [6.07, 6.45) is 3.28. The third kappa shape index (κ3) is 1.64. The van der Waals surface area contributed by atoms with Crippen LogP contribution in [0.3, 0.4) is 0 Å². The standard InChI is InChI=1S/C11H17N3O2/c1-11(4-2-3-5-15-11)10-13-9(16-14-10)8-6-12-7-8/h8,12H,2-7H2,1H3. The molecule has 1 aromatic heterocycles. The van der Waals surface area contributed by atoms with E-state index in [0.717, 1.165) is 38.4 Å². The van der Waals surface area contributed by atoms with E-state index in [1.165, 1.54) is 6.42 Å². The van der Waals surface area contributed by atoms with E-state index in [2.05, 4.69) is 22.4 Å². The Morgan fingerprint density at radius 3 is 2.88 bits per heavy atom. The predicted molar refractivity (Wildman–Crippen MR) is 57.1 cm³/mol. The zero-order valence-corrected chi connectivity index (χ0v) is 9.53. The van der Waals surface area contributed by atoms with Crippen molar-refractivity contribution in [2.45, 2.75) is 37.7 Å². The molecule has 1 aromatic rings. The van der Waals surface area contributed by atoms with Crippen molar-refractivity contribution in [3.05, 3.63) is 11.7 Å². The van der Waals surface area contributed by atoms with Crippen LogP contribution in [0.5, 0.6) is 0 Å². The highest BCUT2D eigenvalue weighted by molar-refractivity contribution is 5.06. The van der Waals surface area contributed by atoms with Crippen LogP contribution in [-0.2, 0) is 10.3 Å². The van der Waals surface area contributed by atoms with Gasteiger partial charge in [-0.1, -0.05) is 5.16 Å². The van der Waals surface area contributed by atoms with Gasteiger partial charge in [0, 0.05) is 19.7 Å². The maximum Gasteiger partial charge on any atom is 0.232 e. The van der Waals surface area contributed by atoms with Gasteiger partial charge in [-0.25, -0.2) is 0 Å². The van der Waals surface area contributed by atoms with Crippen molar-refractivity contribution >= 4 is 0 Å². The van der Waals surface area contributed by atoms with Crippen LogP contribution in [0.25, 0.3) is 0 Å². The molecular formula is C11H17N3O2. The van der Waals surface area contributed by atoms with Gasteiger partial charge < -0.3 is 14.6 Å². The minimum atomic E-state index is -0.336. The van der Waals surface area contributed by atoms with E-state index < -0.39 is 0 Å². The zero-order chi connectivity index (χ0) is 11.0. The monoisotopic (exact) mass is 223 g/mol. The molecule has 88 valence electrons. The molecule has 5 heteroatoms. The van der Waals surface area contributed by atoms with Gasteiger partial charge in [0.2, 0.25) is 11.7 Å². The number of nitrogens with zero attached hydrogens (tertiary/aromatic N) is 2. The van der Waals surface area contributed by atoms with E-state index in [-0.39, 0.29) is 5.60 Å². The van der Waals surface area contributed by atoms with E-state index in [4.69, 9.17) is 9.26 Å². The summed E-state index contributed by atoms with van der Waals surface area (Å²) in [5, 5.41) is 7.27. The summed E-state index contributed by atoms with van der Waals surface area (Å²) in [5.74, 6) is 1.87. The maximum atomic E-state index is 5.80. The smallest absolute Gasteiger partial charge is 0.232 e. The van der Waals surface area contributed by atoms with E-state index >= 15 is 0 Å². The number of aromatic nitrogens is 2. The third-order valence-corrected chi connectivity index (χ3v) is 3.51. The number of ether oxygens (including phenoxy) is 1. The highest BCUT2D eigenvalue weighted by Gasteiger charge is 2.36. The molecule has 1 N–H and O–H groups in total. The fraction of sp³-hybridized carbons (Fsp3) is 0.818. The summed E-state index contributed by atoms with van der Waals surface area (Å²) < 4.78 is 11.1. The Bertz CT molecular complexity index is 367. The van der Waals surface area contributed by atoms with Gasteiger partial charge >= 0.3 is 0 Å². The van der Waals surface area contributed by atoms with Gasteiger partial charge in [-0.3, -0.25) is 0 Å². The Labute approximate surface area is 94.6 Å². The van der Waals surface area contributed by atoms with Gasteiger partial charge in [-0.15, -0.1) is 0 Å². The molecule has 1 atom stereocenters. The fourth-order valence-electron chi connectivity index (χ4n) is 2.19. The summed E-state index contributed by atoms with van der Waals surface area (Å²) in [6, 6.07) is 0. The second-order valence-electron chi connectivity index (χ2n) is 4.85. The highest BCUT2D eigenvalue weighted by Crippen LogP contribution is 2.33. The summed E-state index contributed by atoms with van der Waals surface area (Å²) in [7, 11) is 0. The number of rotatable bonds is 2. The van der Waals surface area contributed by atoms with Gasteiger partial charge in [-0.05, 0) is 26.2 Å². The van der Waals surface area contributed by atoms with Gasteiger partial charge in [-0.2, -0.15) is 4.98 Å². The number of hydrogen-bond donors (Lipinski definition) is 1. The van der Waals surface area contributed by atoms with E-state index in [1.54, 1.807) is 0 Å². The first-order valence-electron chi connectivity index (χ1n) is 5.97. The van der Waals surface area contributed by atoms with Crippen LogP contribution in [0.4, 0.5) is 0 Å². The summed E-state index contributed by atoms with van der Waals surface area (Å²) in [4.78, 5) is 4.48. The molecule has 0 spiro atoms. The summed E-state index contributed by atoms with van der Waals surface area (Å²) >= 11 is 0. The fourth-order valence-corrected chi connectivity index (χ4v) is 2.19. The lowest BCUT2D eigenvalue weighted by atomic mass is 9.95. The first kappa shape index (κ1) is 10.2. The molecule has 0 aliphatic carbocycles. The van der Waals surface area contributed by atoms with Crippen molar-refractivity contribution < 1.29 is 9.26 Å². The minimum absolute atomic E-state index is 0.336. The van der Waals surface area contributed by atoms with Gasteiger partial charge in [0.1, 0.15) is 5.60 Å². The highest BCUT2D eigenvalue weighted by atomic mass is 16.5. The molecule has 0 amide bonds. The average Bonchev–Trinajstić information content (AvgIpc) is 2.66. The van der Waals surface area contributed by atoms with Crippen LogP contribution in [0.2, 0.25) is 0 Å². The molecule has 0 saturated carbocycles. The molecule has 2 saturated heterocycles. The molecule has 2 fully saturated rings. The second-order valence-corrected chi connectivity index (χ2v) is 4.85. The Hall–Kier alpha value is -0.940. The van der Waals surface area contributed by atoms with Crippen molar-refractivity contribution in [3.8, 4) is 0 Å². The first-order valence-corrected chi connectivity index (χ1v) is 5.97. The van der Waals surface area contributed by atoms with Crippen molar-refractivity contribution in [2.75, 3.05) is 19.7 Å². The lowest BCUT2D eigenvalue weighted by Crippen LogP contribution is -2.40. The van der Waals surface area contributed by atoms with Gasteiger partial charge in [0.25, 0.3) is 0 Å². The predicted octanol–water partition coefficient (Wildman–Crippen LogP) is 1.17. The van der Waals surface area contributed by atoms with Crippen LogP contribution >= 0.6 is 0 Å². The molecule has 1 unspecified atom stereocenters. The molecule has 3 heterocycles. The Balaban J connectivity index is 1.79. The number of nitrogens with one attached hydrogen (secondary N) is 1. The molecule has 16 heavy (non-hydrogen) atoms. The van der Waals surface area contributed by atoms with Crippen LogP contribution in [-0.4, -0.2) is 29.8 Å². The summed E-state index contributed by atoms with van der Waals surface area (Å²) in [6.45, 7) is 4.74. The average molecular weight is 223 g/mol. The largest absolute Gasteiger partial charge is 0.367 e. The molecule has 2 aliphatic heterocycles. The van der Waals surface area contributed by atoms with Crippen molar-refractivity contribution in [1.82, 2.24) is 15.5 Å². The van der Waals surface area contributed by atoms with Crippen LogP contribution in [0.1, 0.15) is 43.8 Å². The Kier molecular flexibility index (Phi) is 2.44. The van der Waals surface area contributed by atoms with Gasteiger partial charge in [0.05, 0.1) is 5.92 Å². The normalized spacial score (nSPS) is 31.3. The lowest BCUT2D eigenvalue weighted by molar-refractivity contribution is -0.0770. The molecule has 0 radical (unpaired) electrons. The molecule has 0 bridgehead atoms. The molecular weight excluding hydrogens is 206 g/mol. The van der Waals surface area contributed by atoms with E-state index in [1.807, 2.05) is 0 Å². The minimum Gasteiger partial charge on any atom is -0.367 e. The summed E-state index contributed by atoms with van der Waals surface area (Å²) in [5.41, 5.74) is -0.336. The molecule has 3 rings (SSSR count). The third-order valence-electron chi connectivity index (χ3n) is 3.51. The Morgan fingerprint density at radius 1 is 1.38 bits per heavy atom. The second kappa shape index (κ2) is 3.82. The Morgan fingerprint density at radius 2 is 2.25 bits per heavy atom. The zero-order valence-electron chi connectivity index (χ0n) is 9.53. The topological polar surface area (TPSA) is 60.2 Å². The van der Waals surface area contributed by atoms with E-state index in [0.29, 0.717) is 11.7 Å².